The Morgan fingerprint density at radius 2 is 1.70 bits per heavy atom. The van der Waals surface area contributed by atoms with Gasteiger partial charge in [0.25, 0.3) is 5.88 Å². The Bertz CT molecular complexity index is 1500. The van der Waals surface area contributed by atoms with Crippen LogP contribution in [-0.4, -0.2) is 23.8 Å². The monoisotopic (exact) mass is 498 g/mol. The summed E-state index contributed by atoms with van der Waals surface area (Å²) in [6, 6.07) is 18.9. The van der Waals surface area contributed by atoms with Crippen LogP contribution >= 0.6 is 0 Å². The van der Waals surface area contributed by atoms with Crippen molar-refractivity contribution in [2.75, 3.05) is 7.11 Å². The average molecular weight is 499 g/mol. The molecule has 190 valence electrons. The zero-order chi connectivity index (χ0) is 26.2. The van der Waals surface area contributed by atoms with Gasteiger partial charge in [-0.1, -0.05) is 54.6 Å². The number of rotatable bonds is 5. The standard InChI is InChI=1S/C30H30N2O5/c1-29(2,3)37-28(34)32-30(16-8-17-30)21-13-11-19(12-14-21)23-24(33)22-15-18-31-27(35-4)26(22)36-25(23)20-9-6-5-7-10-20/h5-7,9-15,18H,8,16-17H2,1-4H3,(H,32,34). The first-order valence-corrected chi connectivity index (χ1v) is 12.4. The maximum absolute atomic E-state index is 13.8. The van der Waals surface area contributed by atoms with Crippen LogP contribution in [0.25, 0.3) is 33.4 Å². The fourth-order valence-electron chi connectivity index (χ4n) is 4.77. The Kier molecular flexibility index (Phi) is 6.23. The molecule has 1 fully saturated rings. The van der Waals surface area contributed by atoms with E-state index in [9.17, 15) is 9.59 Å². The lowest BCUT2D eigenvalue weighted by Gasteiger charge is -2.43. The number of benzene rings is 2. The molecule has 1 amide bonds. The van der Waals surface area contributed by atoms with Crippen molar-refractivity contribution in [1.82, 2.24) is 10.3 Å². The number of amides is 1. The van der Waals surface area contributed by atoms with Gasteiger partial charge in [-0.25, -0.2) is 9.78 Å². The van der Waals surface area contributed by atoms with Crippen LogP contribution < -0.4 is 15.5 Å². The van der Waals surface area contributed by atoms with Gasteiger partial charge in [-0.05, 0) is 57.2 Å². The summed E-state index contributed by atoms with van der Waals surface area (Å²) in [5.41, 5.74) is 2.02. The molecule has 0 spiro atoms. The third-order valence-electron chi connectivity index (χ3n) is 6.68. The fourth-order valence-corrected chi connectivity index (χ4v) is 4.77. The summed E-state index contributed by atoms with van der Waals surface area (Å²) in [4.78, 5) is 30.6. The van der Waals surface area contributed by atoms with Crippen molar-refractivity contribution in [2.24, 2.45) is 0 Å². The number of nitrogens with one attached hydrogen (secondary N) is 1. The lowest BCUT2D eigenvalue weighted by atomic mass is 9.71. The second-order valence-corrected chi connectivity index (χ2v) is 10.3. The number of alkyl carbamates (subject to hydrolysis) is 1. The molecule has 1 N–H and O–H groups in total. The summed E-state index contributed by atoms with van der Waals surface area (Å²) in [5.74, 6) is 0.705. The molecule has 0 saturated heterocycles. The van der Waals surface area contributed by atoms with E-state index in [-0.39, 0.29) is 11.3 Å². The minimum absolute atomic E-state index is 0.168. The molecule has 0 aliphatic heterocycles. The molecule has 0 radical (unpaired) electrons. The summed E-state index contributed by atoms with van der Waals surface area (Å²) in [5, 5.41) is 3.48. The Morgan fingerprint density at radius 1 is 1.00 bits per heavy atom. The summed E-state index contributed by atoms with van der Waals surface area (Å²) >= 11 is 0. The lowest BCUT2D eigenvalue weighted by Crippen LogP contribution is -2.52. The van der Waals surface area contributed by atoms with E-state index >= 15 is 0 Å². The molecule has 0 unspecified atom stereocenters. The molecule has 1 aliphatic carbocycles. The van der Waals surface area contributed by atoms with E-state index in [0.29, 0.717) is 22.3 Å². The summed E-state index contributed by atoms with van der Waals surface area (Å²) < 4.78 is 17.2. The normalized spacial score (nSPS) is 14.6. The van der Waals surface area contributed by atoms with Gasteiger partial charge in [-0.2, -0.15) is 0 Å². The highest BCUT2D eigenvalue weighted by Gasteiger charge is 2.41. The van der Waals surface area contributed by atoms with Crippen LogP contribution in [0.2, 0.25) is 0 Å². The number of methoxy groups -OCH3 is 1. The molecule has 1 saturated carbocycles. The number of ether oxygens (including phenoxy) is 2. The van der Waals surface area contributed by atoms with Crippen molar-refractivity contribution >= 4 is 17.1 Å². The van der Waals surface area contributed by atoms with E-state index in [0.717, 1.165) is 36.0 Å². The lowest BCUT2D eigenvalue weighted by molar-refractivity contribution is 0.0377. The molecule has 2 aromatic carbocycles. The number of nitrogens with zero attached hydrogens (tertiary/aromatic N) is 1. The van der Waals surface area contributed by atoms with Gasteiger partial charge in [0.05, 0.1) is 23.6 Å². The largest absolute Gasteiger partial charge is 0.478 e. The molecule has 0 atom stereocenters. The maximum atomic E-state index is 13.8. The minimum Gasteiger partial charge on any atom is -0.478 e. The van der Waals surface area contributed by atoms with Gasteiger partial charge >= 0.3 is 6.09 Å². The average Bonchev–Trinajstić information content (AvgIpc) is 2.85. The molecule has 7 heteroatoms. The smallest absolute Gasteiger partial charge is 0.408 e. The molecule has 2 aromatic heterocycles. The van der Waals surface area contributed by atoms with Crippen molar-refractivity contribution in [3.63, 3.8) is 0 Å². The number of hydrogen-bond acceptors (Lipinski definition) is 6. The number of carbonyl (C=O) groups is 1. The molecule has 7 nitrogen and oxygen atoms in total. The zero-order valence-corrected chi connectivity index (χ0v) is 21.5. The number of carbonyl (C=O) groups excluding carboxylic acids is 1. The predicted molar refractivity (Wildman–Crippen MR) is 143 cm³/mol. The summed E-state index contributed by atoms with van der Waals surface area (Å²) in [6.07, 6.45) is 3.77. The number of hydrogen-bond donors (Lipinski definition) is 1. The van der Waals surface area contributed by atoms with Gasteiger partial charge in [0.15, 0.2) is 0 Å². The molecule has 1 aliphatic rings. The van der Waals surface area contributed by atoms with Crippen molar-refractivity contribution in [2.45, 2.75) is 51.2 Å². The van der Waals surface area contributed by atoms with E-state index in [1.807, 2.05) is 75.4 Å². The number of fused-ring (bicyclic) bond motifs is 1. The molecular weight excluding hydrogens is 468 g/mol. The van der Waals surface area contributed by atoms with Crippen LogP contribution in [0.5, 0.6) is 5.88 Å². The van der Waals surface area contributed by atoms with Crippen molar-refractivity contribution in [3.8, 4) is 28.3 Å². The van der Waals surface area contributed by atoms with E-state index in [4.69, 9.17) is 13.9 Å². The highest BCUT2D eigenvalue weighted by molar-refractivity contribution is 5.90. The van der Waals surface area contributed by atoms with Gasteiger partial charge in [0.2, 0.25) is 11.0 Å². The minimum atomic E-state index is -0.574. The number of pyridine rings is 1. The van der Waals surface area contributed by atoms with Crippen LogP contribution in [0.4, 0.5) is 4.79 Å². The SMILES string of the molecule is COc1nccc2c(=O)c(-c3ccc(C4(NC(=O)OC(C)(C)C)CCC4)cc3)c(-c3ccccc3)oc12. The Balaban J connectivity index is 1.59. The van der Waals surface area contributed by atoms with E-state index in [2.05, 4.69) is 10.3 Å². The van der Waals surface area contributed by atoms with Crippen molar-refractivity contribution < 1.29 is 18.7 Å². The highest BCUT2D eigenvalue weighted by atomic mass is 16.6. The van der Waals surface area contributed by atoms with Crippen LogP contribution in [-0.2, 0) is 10.3 Å². The molecule has 37 heavy (non-hydrogen) atoms. The van der Waals surface area contributed by atoms with Crippen molar-refractivity contribution in [3.05, 3.63) is 82.6 Å². The quantitative estimate of drug-likeness (QED) is 0.341. The molecular formula is C30H30N2O5. The van der Waals surface area contributed by atoms with Crippen LogP contribution in [0.15, 0.2) is 76.1 Å². The van der Waals surface area contributed by atoms with E-state index < -0.39 is 17.2 Å². The third-order valence-corrected chi connectivity index (χ3v) is 6.68. The first kappa shape index (κ1) is 24.6. The van der Waals surface area contributed by atoms with Crippen LogP contribution in [0.3, 0.4) is 0 Å². The molecule has 5 rings (SSSR count). The first-order valence-electron chi connectivity index (χ1n) is 12.4. The predicted octanol–water partition coefficient (Wildman–Crippen LogP) is 6.43. The maximum Gasteiger partial charge on any atom is 0.408 e. The second kappa shape index (κ2) is 9.39. The van der Waals surface area contributed by atoms with Gasteiger partial charge in [0.1, 0.15) is 11.4 Å². The van der Waals surface area contributed by atoms with Gasteiger partial charge < -0.3 is 19.2 Å². The summed E-state index contributed by atoms with van der Waals surface area (Å²) in [7, 11) is 1.50. The van der Waals surface area contributed by atoms with Gasteiger partial charge in [0, 0.05) is 11.8 Å². The Morgan fingerprint density at radius 3 is 2.30 bits per heavy atom. The second-order valence-electron chi connectivity index (χ2n) is 10.3. The molecule has 4 aromatic rings. The molecule has 0 bridgehead atoms. The Hall–Kier alpha value is -4.13. The zero-order valence-electron chi connectivity index (χ0n) is 21.5. The topological polar surface area (TPSA) is 90.7 Å². The molecule has 2 heterocycles. The van der Waals surface area contributed by atoms with Crippen LogP contribution in [0, 0.1) is 0 Å². The number of aromatic nitrogens is 1. The Labute approximate surface area is 215 Å². The van der Waals surface area contributed by atoms with Crippen molar-refractivity contribution in [1.29, 1.82) is 0 Å². The van der Waals surface area contributed by atoms with E-state index in [1.54, 1.807) is 6.07 Å². The third kappa shape index (κ3) is 4.69. The van der Waals surface area contributed by atoms with Gasteiger partial charge in [-0.15, -0.1) is 0 Å². The summed E-state index contributed by atoms with van der Waals surface area (Å²) in [6.45, 7) is 5.54. The van der Waals surface area contributed by atoms with Crippen LogP contribution in [0.1, 0.15) is 45.6 Å². The fraction of sp³-hybridized carbons (Fsp3) is 0.300. The van der Waals surface area contributed by atoms with Gasteiger partial charge in [-0.3, -0.25) is 4.79 Å². The van der Waals surface area contributed by atoms with E-state index in [1.165, 1.54) is 13.3 Å². The highest BCUT2D eigenvalue weighted by Crippen LogP contribution is 2.42. The first-order chi connectivity index (χ1) is 17.7.